The molecule has 0 spiro atoms. The molecule has 0 radical (unpaired) electrons. The summed E-state index contributed by atoms with van der Waals surface area (Å²) in [5.74, 6) is -1.02. The Bertz CT molecular complexity index is 230. The van der Waals surface area contributed by atoms with Crippen LogP contribution < -0.4 is 0 Å². The van der Waals surface area contributed by atoms with Gasteiger partial charge in [0.1, 0.15) is 6.29 Å². The highest BCUT2D eigenvalue weighted by molar-refractivity contribution is 5.74. The smallest absolute Gasteiger partial charge is 0.333 e. The van der Waals surface area contributed by atoms with Crippen LogP contribution in [-0.2, 0) is 14.3 Å². The molecule has 0 rings (SSSR count). The fourth-order valence-electron chi connectivity index (χ4n) is 1.15. The molecule has 1 atom stereocenters. The van der Waals surface area contributed by atoms with Gasteiger partial charge in [0, 0.05) is 12.0 Å². The molecule has 1 unspecified atom stereocenters. The topological polar surface area (TPSA) is 63.6 Å². The summed E-state index contributed by atoms with van der Waals surface area (Å²) in [6.07, 6.45) is 2.51. The van der Waals surface area contributed by atoms with Crippen LogP contribution in [0.5, 0.6) is 0 Å². The van der Waals surface area contributed by atoms with Gasteiger partial charge in [0.25, 0.3) is 0 Å². The van der Waals surface area contributed by atoms with Crippen molar-refractivity contribution in [1.82, 2.24) is 0 Å². The van der Waals surface area contributed by atoms with Crippen molar-refractivity contribution in [3.63, 3.8) is 0 Å². The minimum absolute atomic E-state index is 0.329. The van der Waals surface area contributed by atoms with Crippen molar-refractivity contribution in [2.75, 3.05) is 6.61 Å². The normalized spacial score (nSPS) is 14.2. The van der Waals surface area contributed by atoms with Crippen molar-refractivity contribution in [3.8, 4) is 0 Å². The lowest BCUT2D eigenvalue weighted by atomic mass is 9.86. The molecule has 0 amide bonds. The summed E-state index contributed by atoms with van der Waals surface area (Å²) >= 11 is 0. The Hall–Kier alpha value is -1.16. The Morgan fingerprint density at radius 1 is 1.57 bits per heavy atom. The highest BCUT2D eigenvalue weighted by Gasteiger charge is 2.33. The number of hydrogen-bond donors (Lipinski definition) is 1. The zero-order valence-corrected chi connectivity index (χ0v) is 8.69. The molecule has 0 aliphatic rings. The van der Waals surface area contributed by atoms with Gasteiger partial charge in [-0.25, -0.2) is 4.79 Å². The Balaban J connectivity index is 4.69. The van der Waals surface area contributed by atoms with Crippen molar-refractivity contribution in [1.29, 1.82) is 0 Å². The van der Waals surface area contributed by atoms with Crippen LogP contribution in [-0.4, -0.2) is 30.1 Å². The van der Waals surface area contributed by atoms with Crippen molar-refractivity contribution in [2.45, 2.75) is 26.9 Å². The van der Waals surface area contributed by atoms with E-state index in [1.807, 2.05) is 0 Å². The van der Waals surface area contributed by atoms with Gasteiger partial charge in [-0.15, -0.1) is 0 Å². The SMILES string of the molecule is CCOC(C(=O)O)C(C)(C)C=CC=O. The first-order chi connectivity index (χ1) is 6.45. The molecule has 0 aromatic heterocycles. The first-order valence-corrected chi connectivity index (χ1v) is 4.43. The van der Waals surface area contributed by atoms with Crippen LogP contribution in [0.3, 0.4) is 0 Å². The van der Waals surface area contributed by atoms with Crippen LogP contribution in [0.25, 0.3) is 0 Å². The minimum atomic E-state index is -1.02. The Labute approximate surface area is 83.6 Å². The number of rotatable bonds is 6. The minimum Gasteiger partial charge on any atom is -0.479 e. The first-order valence-electron chi connectivity index (χ1n) is 4.43. The highest BCUT2D eigenvalue weighted by atomic mass is 16.5. The van der Waals surface area contributed by atoms with Crippen molar-refractivity contribution < 1.29 is 19.4 Å². The summed E-state index contributed by atoms with van der Waals surface area (Å²) in [5, 5.41) is 8.89. The second-order valence-electron chi connectivity index (χ2n) is 3.49. The first kappa shape index (κ1) is 12.8. The predicted octanol–water partition coefficient (Wildman–Crippen LogP) is 1.26. The van der Waals surface area contributed by atoms with Crippen LogP contribution in [0.15, 0.2) is 12.2 Å². The third-order valence-corrected chi connectivity index (χ3v) is 1.84. The molecule has 80 valence electrons. The molecule has 0 heterocycles. The molecule has 0 aromatic carbocycles. The number of carbonyl (C=O) groups is 2. The van der Waals surface area contributed by atoms with E-state index in [4.69, 9.17) is 9.84 Å². The van der Waals surface area contributed by atoms with Crippen LogP contribution >= 0.6 is 0 Å². The summed E-state index contributed by atoms with van der Waals surface area (Å²) in [6, 6.07) is 0. The average molecular weight is 200 g/mol. The lowest BCUT2D eigenvalue weighted by molar-refractivity contribution is -0.156. The Morgan fingerprint density at radius 2 is 2.14 bits per heavy atom. The summed E-state index contributed by atoms with van der Waals surface area (Å²) in [7, 11) is 0. The largest absolute Gasteiger partial charge is 0.479 e. The molecule has 0 fully saturated rings. The van der Waals surface area contributed by atoms with Gasteiger partial charge in [0.2, 0.25) is 0 Å². The van der Waals surface area contributed by atoms with Crippen LogP contribution in [0.1, 0.15) is 20.8 Å². The molecule has 0 saturated heterocycles. The van der Waals surface area contributed by atoms with Gasteiger partial charge in [-0.3, -0.25) is 4.79 Å². The number of allylic oxidation sites excluding steroid dienone is 1. The van der Waals surface area contributed by atoms with E-state index in [0.717, 1.165) is 0 Å². The fourth-order valence-corrected chi connectivity index (χ4v) is 1.15. The molecule has 0 aliphatic heterocycles. The number of aliphatic carboxylic acids is 1. The Morgan fingerprint density at radius 3 is 2.50 bits per heavy atom. The Kier molecular flexibility index (Phi) is 5.09. The van der Waals surface area contributed by atoms with E-state index in [1.54, 1.807) is 20.8 Å². The molecule has 0 saturated carbocycles. The molecule has 0 aliphatic carbocycles. The van der Waals surface area contributed by atoms with E-state index in [1.165, 1.54) is 12.2 Å². The number of carboxylic acids is 1. The number of aldehydes is 1. The van der Waals surface area contributed by atoms with Crippen LogP contribution in [0.2, 0.25) is 0 Å². The van der Waals surface area contributed by atoms with Gasteiger partial charge >= 0.3 is 5.97 Å². The molecule has 4 nitrogen and oxygen atoms in total. The number of ether oxygens (including phenoxy) is 1. The van der Waals surface area contributed by atoms with Crippen LogP contribution in [0, 0.1) is 5.41 Å². The van der Waals surface area contributed by atoms with Crippen molar-refractivity contribution in [3.05, 3.63) is 12.2 Å². The van der Waals surface area contributed by atoms with Crippen molar-refractivity contribution in [2.24, 2.45) is 5.41 Å². The molecule has 0 bridgehead atoms. The fraction of sp³-hybridized carbons (Fsp3) is 0.600. The van der Waals surface area contributed by atoms with Crippen LogP contribution in [0.4, 0.5) is 0 Å². The monoisotopic (exact) mass is 200 g/mol. The van der Waals surface area contributed by atoms with Crippen molar-refractivity contribution >= 4 is 12.3 Å². The maximum atomic E-state index is 10.9. The third kappa shape index (κ3) is 3.70. The average Bonchev–Trinajstić information content (AvgIpc) is 2.10. The van der Waals surface area contributed by atoms with E-state index in [0.29, 0.717) is 12.9 Å². The summed E-state index contributed by atoms with van der Waals surface area (Å²) in [6.45, 7) is 5.48. The highest BCUT2D eigenvalue weighted by Crippen LogP contribution is 2.25. The molecule has 14 heavy (non-hydrogen) atoms. The standard InChI is InChI=1S/C10H16O4/c1-4-14-8(9(12)13)10(2,3)6-5-7-11/h5-8H,4H2,1-3H3,(H,12,13). The van der Waals surface area contributed by atoms with Gasteiger partial charge in [-0.05, 0) is 13.0 Å². The summed E-state index contributed by atoms with van der Waals surface area (Å²) in [4.78, 5) is 21.0. The maximum absolute atomic E-state index is 10.9. The molecular formula is C10H16O4. The second kappa shape index (κ2) is 5.54. The lowest BCUT2D eigenvalue weighted by Gasteiger charge is -2.27. The lowest BCUT2D eigenvalue weighted by Crippen LogP contribution is -2.37. The second-order valence-corrected chi connectivity index (χ2v) is 3.49. The van der Waals surface area contributed by atoms with E-state index in [-0.39, 0.29) is 0 Å². The van der Waals surface area contributed by atoms with E-state index in [9.17, 15) is 9.59 Å². The number of carboxylic acid groups (broad SMARTS) is 1. The summed E-state index contributed by atoms with van der Waals surface area (Å²) < 4.78 is 5.10. The molecule has 4 heteroatoms. The number of hydrogen-bond acceptors (Lipinski definition) is 3. The van der Waals surface area contributed by atoms with E-state index < -0.39 is 17.5 Å². The van der Waals surface area contributed by atoms with Gasteiger partial charge in [0.05, 0.1) is 0 Å². The zero-order valence-electron chi connectivity index (χ0n) is 8.69. The van der Waals surface area contributed by atoms with Gasteiger partial charge in [0.15, 0.2) is 6.10 Å². The molecule has 1 N–H and O–H groups in total. The third-order valence-electron chi connectivity index (χ3n) is 1.84. The zero-order chi connectivity index (χ0) is 11.2. The van der Waals surface area contributed by atoms with Gasteiger partial charge in [-0.2, -0.15) is 0 Å². The maximum Gasteiger partial charge on any atom is 0.333 e. The molecule has 0 aromatic rings. The van der Waals surface area contributed by atoms with Gasteiger partial charge in [-0.1, -0.05) is 19.9 Å². The molecular weight excluding hydrogens is 184 g/mol. The summed E-state index contributed by atoms with van der Waals surface area (Å²) in [5.41, 5.74) is -0.692. The van der Waals surface area contributed by atoms with Gasteiger partial charge < -0.3 is 9.84 Å². The predicted molar refractivity (Wildman–Crippen MR) is 52.0 cm³/mol. The van der Waals surface area contributed by atoms with E-state index >= 15 is 0 Å². The quantitative estimate of drug-likeness (QED) is 0.518. The van der Waals surface area contributed by atoms with E-state index in [2.05, 4.69) is 0 Å². The number of carbonyl (C=O) groups excluding carboxylic acids is 1.